The SMILES string of the molecule is CCCCCN(CCCCC)C(=O)c1cccc(C(=O)N[C@@H](Cc2ccccc2)P(=O)(O)CC(C)C(=O)Nc2ccccc2)c1. The van der Waals surface area contributed by atoms with Gasteiger partial charge in [-0.1, -0.05) is 101 Å². The second-order valence-corrected chi connectivity index (χ2v) is 14.2. The van der Waals surface area contributed by atoms with E-state index in [1.165, 1.54) is 0 Å². The average molecular weight is 634 g/mol. The highest BCUT2D eigenvalue weighted by molar-refractivity contribution is 7.58. The van der Waals surface area contributed by atoms with Gasteiger partial charge in [0.05, 0.1) is 0 Å². The van der Waals surface area contributed by atoms with Crippen LogP contribution in [-0.4, -0.2) is 52.5 Å². The van der Waals surface area contributed by atoms with Gasteiger partial charge < -0.3 is 20.4 Å². The van der Waals surface area contributed by atoms with Crippen LogP contribution in [0.1, 0.15) is 85.6 Å². The van der Waals surface area contributed by atoms with Crippen LogP contribution in [0.15, 0.2) is 84.9 Å². The van der Waals surface area contributed by atoms with Crippen molar-refractivity contribution in [3.63, 3.8) is 0 Å². The van der Waals surface area contributed by atoms with Gasteiger partial charge in [0.15, 0.2) is 0 Å². The molecule has 0 heterocycles. The maximum atomic E-state index is 13.9. The van der Waals surface area contributed by atoms with Gasteiger partial charge in [-0.15, -0.1) is 0 Å². The molecular weight excluding hydrogens is 585 g/mol. The van der Waals surface area contributed by atoms with Gasteiger partial charge in [0.1, 0.15) is 5.78 Å². The quantitative estimate of drug-likeness (QED) is 0.100. The Bertz CT molecular complexity index is 1410. The summed E-state index contributed by atoms with van der Waals surface area (Å²) in [6, 6.07) is 24.6. The predicted octanol–water partition coefficient (Wildman–Crippen LogP) is 7.35. The molecular formula is C36H48N3O5P. The number of nitrogens with one attached hydrogen (secondary N) is 2. The summed E-state index contributed by atoms with van der Waals surface area (Å²) in [6.07, 6.45) is 5.82. The minimum absolute atomic E-state index is 0.106. The largest absolute Gasteiger partial charge is 0.343 e. The van der Waals surface area contributed by atoms with Crippen LogP contribution in [0.3, 0.4) is 0 Å². The number of benzene rings is 3. The summed E-state index contributed by atoms with van der Waals surface area (Å²) in [4.78, 5) is 53.2. The molecule has 0 fully saturated rings. The molecule has 3 aromatic rings. The number of hydrogen-bond donors (Lipinski definition) is 3. The zero-order valence-electron chi connectivity index (χ0n) is 26.8. The van der Waals surface area contributed by atoms with E-state index < -0.39 is 25.0 Å². The number of hydrogen-bond acceptors (Lipinski definition) is 4. The maximum absolute atomic E-state index is 13.9. The van der Waals surface area contributed by atoms with E-state index in [-0.39, 0.29) is 30.0 Å². The maximum Gasteiger partial charge on any atom is 0.253 e. The summed E-state index contributed by atoms with van der Waals surface area (Å²) in [6.45, 7) is 7.18. The van der Waals surface area contributed by atoms with Crippen molar-refractivity contribution in [1.82, 2.24) is 10.2 Å². The zero-order valence-corrected chi connectivity index (χ0v) is 27.7. The molecule has 0 saturated heterocycles. The first-order valence-corrected chi connectivity index (χ1v) is 18.0. The Morgan fingerprint density at radius 2 is 1.38 bits per heavy atom. The van der Waals surface area contributed by atoms with Crippen LogP contribution in [0.25, 0.3) is 0 Å². The van der Waals surface area contributed by atoms with E-state index in [0.717, 1.165) is 44.1 Å². The predicted molar refractivity (Wildman–Crippen MR) is 182 cm³/mol. The normalized spacial score (nSPS) is 13.7. The summed E-state index contributed by atoms with van der Waals surface area (Å²) in [5.74, 6) is -2.98. The van der Waals surface area contributed by atoms with Crippen molar-refractivity contribution in [2.45, 2.75) is 71.5 Å². The molecule has 0 bridgehead atoms. The standard InChI is InChI=1S/C36H48N3O5P/c1-4-6-14-23-39(24-15-7-5-2)36(42)31-20-16-19-30(26-31)35(41)38-33(25-29-17-10-8-11-18-29)45(43,44)27-28(3)34(40)37-32-21-12-9-13-22-32/h8-13,16-22,26,28,33H,4-7,14-15,23-25,27H2,1-3H3,(H,37,40)(H,38,41)(H,43,44)/t28?,33-/m1/s1. The molecule has 0 radical (unpaired) electrons. The fourth-order valence-electron chi connectivity index (χ4n) is 5.15. The molecule has 0 aliphatic heterocycles. The fraction of sp³-hybridized carbons (Fsp3) is 0.417. The van der Waals surface area contributed by atoms with E-state index in [1.807, 2.05) is 41.3 Å². The summed E-state index contributed by atoms with van der Waals surface area (Å²) in [5.41, 5.74) is 2.02. The Morgan fingerprint density at radius 1 is 0.800 bits per heavy atom. The number of carbonyl (C=O) groups excluding carboxylic acids is 3. The van der Waals surface area contributed by atoms with Crippen molar-refractivity contribution in [3.8, 4) is 0 Å². The minimum atomic E-state index is -4.10. The molecule has 3 atom stereocenters. The summed E-state index contributed by atoms with van der Waals surface area (Å²) in [7, 11) is -4.10. The van der Waals surface area contributed by atoms with E-state index in [9.17, 15) is 23.8 Å². The Balaban J connectivity index is 1.79. The molecule has 3 rings (SSSR count). The number of para-hydroxylation sites is 1. The number of amides is 3. The molecule has 0 aliphatic carbocycles. The first-order valence-electron chi connectivity index (χ1n) is 16.1. The monoisotopic (exact) mass is 633 g/mol. The Kier molecular flexibility index (Phi) is 14.5. The molecule has 0 spiro atoms. The lowest BCUT2D eigenvalue weighted by Gasteiger charge is -2.27. The van der Waals surface area contributed by atoms with E-state index >= 15 is 0 Å². The van der Waals surface area contributed by atoms with Crippen LogP contribution in [0.5, 0.6) is 0 Å². The highest BCUT2D eigenvalue weighted by Crippen LogP contribution is 2.48. The van der Waals surface area contributed by atoms with E-state index in [4.69, 9.17) is 0 Å². The smallest absolute Gasteiger partial charge is 0.253 e. The molecule has 3 aromatic carbocycles. The third-order valence-corrected chi connectivity index (χ3v) is 10.2. The van der Waals surface area contributed by atoms with Gasteiger partial charge in [-0.3, -0.25) is 18.9 Å². The first kappa shape index (κ1) is 35.7. The molecule has 3 amide bonds. The van der Waals surface area contributed by atoms with Gasteiger partial charge in [0.2, 0.25) is 13.3 Å². The molecule has 2 unspecified atom stereocenters. The number of anilines is 1. The number of carbonyl (C=O) groups is 3. The second-order valence-electron chi connectivity index (χ2n) is 11.7. The van der Waals surface area contributed by atoms with Gasteiger partial charge in [-0.25, -0.2) is 0 Å². The van der Waals surface area contributed by atoms with Crippen LogP contribution < -0.4 is 10.6 Å². The third kappa shape index (κ3) is 11.6. The van der Waals surface area contributed by atoms with Crippen LogP contribution in [-0.2, 0) is 15.8 Å². The van der Waals surface area contributed by atoms with Crippen LogP contribution >= 0.6 is 7.37 Å². The second kappa shape index (κ2) is 18.3. The van der Waals surface area contributed by atoms with Crippen molar-refractivity contribution in [1.29, 1.82) is 0 Å². The first-order chi connectivity index (χ1) is 21.6. The topological polar surface area (TPSA) is 116 Å². The minimum Gasteiger partial charge on any atom is -0.343 e. The van der Waals surface area contributed by atoms with E-state index in [2.05, 4.69) is 24.5 Å². The number of rotatable bonds is 18. The van der Waals surface area contributed by atoms with Crippen LogP contribution in [0, 0.1) is 5.92 Å². The van der Waals surface area contributed by atoms with Gasteiger partial charge >= 0.3 is 0 Å². The average Bonchev–Trinajstić information content (AvgIpc) is 3.04. The lowest BCUT2D eigenvalue weighted by atomic mass is 10.1. The zero-order chi connectivity index (χ0) is 32.7. The molecule has 0 aliphatic rings. The van der Waals surface area contributed by atoms with Crippen molar-refractivity contribution >= 4 is 30.8 Å². The number of unbranched alkanes of at least 4 members (excludes halogenated alkanes) is 4. The van der Waals surface area contributed by atoms with Crippen LogP contribution in [0.4, 0.5) is 5.69 Å². The van der Waals surface area contributed by atoms with Crippen molar-refractivity contribution in [2.75, 3.05) is 24.6 Å². The van der Waals surface area contributed by atoms with Gasteiger partial charge in [0.25, 0.3) is 11.8 Å². The summed E-state index contributed by atoms with van der Waals surface area (Å²) < 4.78 is 13.9. The van der Waals surface area contributed by atoms with E-state index in [0.29, 0.717) is 24.3 Å². The molecule has 3 N–H and O–H groups in total. The van der Waals surface area contributed by atoms with E-state index in [1.54, 1.807) is 55.5 Å². The fourth-order valence-corrected chi connectivity index (χ4v) is 7.17. The molecule has 242 valence electrons. The highest BCUT2D eigenvalue weighted by atomic mass is 31.2. The molecule has 0 saturated carbocycles. The Hall–Kier alpha value is -3.74. The Morgan fingerprint density at radius 3 is 1.98 bits per heavy atom. The Labute approximate surface area is 268 Å². The highest BCUT2D eigenvalue weighted by Gasteiger charge is 2.36. The molecule has 45 heavy (non-hydrogen) atoms. The van der Waals surface area contributed by atoms with Gasteiger partial charge in [-0.05, 0) is 48.7 Å². The summed E-state index contributed by atoms with van der Waals surface area (Å²) in [5, 5.41) is 5.57. The van der Waals surface area contributed by atoms with Crippen molar-refractivity contribution in [3.05, 3.63) is 102 Å². The molecule has 8 nitrogen and oxygen atoms in total. The van der Waals surface area contributed by atoms with Gasteiger partial charge in [-0.2, -0.15) is 0 Å². The number of nitrogens with zero attached hydrogens (tertiary/aromatic N) is 1. The van der Waals surface area contributed by atoms with Crippen LogP contribution in [0.2, 0.25) is 0 Å². The molecule has 9 heteroatoms. The lowest BCUT2D eigenvalue weighted by Crippen LogP contribution is -2.38. The van der Waals surface area contributed by atoms with Crippen molar-refractivity contribution in [2.24, 2.45) is 5.92 Å². The lowest BCUT2D eigenvalue weighted by molar-refractivity contribution is -0.118. The molecule has 0 aromatic heterocycles. The van der Waals surface area contributed by atoms with Gasteiger partial charge in [0, 0.05) is 48.4 Å². The van der Waals surface area contributed by atoms with Crippen molar-refractivity contribution < 1.29 is 23.8 Å². The summed E-state index contributed by atoms with van der Waals surface area (Å²) >= 11 is 0. The third-order valence-electron chi connectivity index (χ3n) is 7.80.